The van der Waals surface area contributed by atoms with Gasteiger partial charge >= 0.3 is 0 Å². The highest BCUT2D eigenvalue weighted by Crippen LogP contribution is 2.32. The van der Waals surface area contributed by atoms with Gasteiger partial charge in [-0.15, -0.1) is 0 Å². The molecule has 1 heterocycles. The van der Waals surface area contributed by atoms with Gasteiger partial charge in [-0.3, -0.25) is 0 Å². The fourth-order valence-electron chi connectivity index (χ4n) is 5.05. The predicted molar refractivity (Wildman–Crippen MR) is 160 cm³/mol. The van der Waals surface area contributed by atoms with Crippen molar-refractivity contribution in [3.63, 3.8) is 0 Å². The zero-order valence-corrected chi connectivity index (χ0v) is 25.5. The van der Waals surface area contributed by atoms with Crippen LogP contribution in [0.4, 0.5) is 0 Å². The smallest absolute Gasteiger partial charge is 0.240 e. The van der Waals surface area contributed by atoms with Crippen molar-refractivity contribution in [1.29, 1.82) is 0 Å². The fourth-order valence-corrected chi connectivity index (χ4v) is 6.42. The first-order chi connectivity index (χ1) is 19.7. The molecule has 1 atom stereocenters. The quantitative estimate of drug-likeness (QED) is 0.201. The lowest BCUT2D eigenvalue weighted by molar-refractivity contribution is -0.180. The van der Waals surface area contributed by atoms with Crippen LogP contribution in [0.1, 0.15) is 94.4 Å². The second-order valence-corrected chi connectivity index (χ2v) is 13.5. The lowest BCUT2D eigenvalue weighted by Gasteiger charge is -2.33. The molecule has 3 N–H and O–H groups in total. The Morgan fingerprint density at radius 3 is 2.59 bits per heavy atom. The summed E-state index contributed by atoms with van der Waals surface area (Å²) in [7, 11) is -3.42. The van der Waals surface area contributed by atoms with Crippen molar-refractivity contribution in [1.82, 2.24) is 10.0 Å². The van der Waals surface area contributed by atoms with E-state index in [0.717, 1.165) is 106 Å². The lowest BCUT2D eigenvalue weighted by Crippen LogP contribution is -2.39. The molecule has 4 rings (SSSR count). The van der Waals surface area contributed by atoms with E-state index in [1.165, 1.54) is 0 Å². The summed E-state index contributed by atoms with van der Waals surface area (Å²) in [5, 5.41) is 13.9. The number of aliphatic hydroxyl groups is 1. The Balaban J connectivity index is 0.979. The Hall–Kier alpha value is -2.01. The summed E-state index contributed by atoms with van der Waals surface area (Å²) in [5.74, 6) is 0.207. The largest absolute Gasteiger partial charge is 0.463 e. The van der Waals surface area contributed by atoms with Crippen LogP contribution in [-0.4, -0.2) is 51.7 Å². The fraction of sp³-hybridized carbons (Fsp3) is 0.625. The highest BCUT2D eigenvalue weighted by Gasteiger charge is 2.28. The van der Waals surface area contributed by atoms with Crippen molar-refractivity contribution in [2.24, 2.45) is 0 Å². The van der Waals surface area contributed by atoms with Crippen LogP contribution in [0.5, 0.6) is 5.75 Å². The van der Waals surface area contributed by atoms with Gasteiger partial charge in [-0.05, 0) is 86.9 Å². The third-order valence-electron chi connectivity index (χ3n) is 7.77. The number of fused-ring (bicyclic) bond motifs is 1. The second kappa shape index (κ2) is 15.5. The van der Waals surface area contributed by atoms with E-state index in [4.69, 9.17) is 14.2 Å². The number of aliphatic hydroxyl groups excluding tert-OH is 1. The summed E-state index contributed by atoms with van der Waals surface area (Å²) in [4.78, 5) is 0.370. The topological polar surface area (TPSA) is 106 Å². The molecule has 41 heavy (non-hydrogen) atoms. The van der Waals surface area contributed by atoms with Crippen LogP contribution in [0.25, 0.3) is 0 Å². The molecule has 2 aliphatic rings. The summed E-state index contributed by atoms with van der Waals surface area (Å²) in [5.41, 5.74) is 2.90. The molecule has 0 bridgehead atoms. The molecule has 1 aliphatic heterocycles. The van der Waals surface area contributed by atoms with Crippen LogP contribution >= 0.6 is 0 Å². The molecule has 8 nitrogen and oxygen atoms in total. The number of aryl methyl sites for hydroxylation is 1. The van der Waals surface area contributed by atoms with Gasteiger partial charge in [0.2, 0.25) is 15.8 Å². The SMILES string of the molecule is CC1(C)OCc2cc([C@H](O)CNCCCCCCOCCCCc3cccc(S(=O)(=O)NC4CCC4)c3)ccc2O1. The summed E-state index contributed by atoms with van der Waals surface area (Å²) >= 11 is 0. The van der Waals surface area contributed by atoms with Gasteiger partial charge in [0, 0.05) is 45.2 Å². The van der Waals surface area contributed by atoms with Gasteiger partial charge in [-0.2, -0.15) is 0 Å². The standard InChI is InChI=1S/C32H48N2O6S/c1-32(2)39-24-27-22-26(16-17-31(27)40-32)30(35)23-33-18-6-3-4-7-19-38-20-8-5-11-25-12-9-15-29(21-25)41(36,37)34-28-13-10-14-28/h9,12,15-17,21-22,28,30,33-35H,3-8,10-11,13-14,18-20,23-24H2,1-2H3/t30-/m1/s1. The molecule has 228 valence electrons. The van der Waals surface area contributed by atoms with Gasteiger partial charge in [0.15, 0.2) is 0 Å². The van der Waals surface area contributed by atoms with Crippen molar-refractivity contribution in [3.8, 4) is 5.75 Å². The Labute approximate surface area is 246 Å². The third-order valence-corrected chi connectivity index (χ3v) is 9.29. The Kier molecular flexibility index (Phi) is 12.0. The van der Waals surface area contributed by atoms with Crippen molar-refractivity contribution >= 4 is 10.0 Å². The van der Waals surface area contributed by atoms with Crippen molar-refractivity contribution in [3.05, 3.63) is 59.2 Å². The van der Waals surface area contributed by atoms with E-state index in [9.17, 15) is 13.5 Å². The van der Waals surface area contributed by atoms with E-state index < -0.39 is 21.9 Å². The number of unbranched alkanes of at least 4 members (excludes halogenated alkanes) is 4. The number of hydrogen-bond acceptors (Lipinski definition) is 7. The normalized spacial score (nSPS) is 17.4. The second-order valence-electron chi connectivity index (χ2n) is 11.8. The molecule has 0 amide bonds. The van der Waals surface area contributed by atoms with Crippen LogP contribution in [0.15, 0.2) is 47.4 Å². The Morgan fingerprint density at radius 1 is 1.02 bits per heavy atom. The minimum atomic E-state index is -3.42. The minimum Gasteiger partial charge on any atom is -0.463 e. The van der Waals surface area contributed by atoms with E-state index in [2.05, 4.69) is 10.0 Å². The number of nitrogens with one attached hydrogen (secondary N) is 2. The number of sulfonamides is 1. The van der Waals surface area contributed by atoms with Crippen LogP contribution in [-0.2, 0) is 32.5 Å². The molecule has 0 aromatic heterocycles. The number of rotatable bonds is 18. The zero-order chi connectivity index (χ0) is 29.1. The highest BCUT2D eigenvalue weighted by molar-refractivity contribution is 7.89. The molecule has 9 heteroatoms. The molecule has 1 fully saturated rings. The monoisotopic (exact) mass is 588 g/mol. The third kappa shape index (κ3) is 10.3. The lowest BCUT2D eigenvalue weighted by atomic mass is 9.94. The molecular formula is C32H48N2O6S. The maximum absolute atomic E-state index is 12.5. The molecule has 0 saturated heterocycles. The molecule has 0 radical (unpaired) electrons. The first kappa shape index (κ1) is 31.9. The summed E-state index contributed by atoms with van der Waals surface area (Å²) in [6.45, 7) is 7.19. The molecule has 1 aliphatic carbocycles. The van der Waals surface area contributed by atoms with E-state index in [0.29, 0.717) is 18.0 Å². The minimum absolute atomic E-state index is 0.100. The van der Waals surface area contributed by atoms with Gasteiger partial charge in [-0.1, -0.05) is 37.5 Å². The van der Waals surface area contributed by atoms with Gasteiger partial charge in [0.05, 0.1) is 17.6 Å². The number of ether oxygens (including phenoxy) is 3. The summed E-state index contributed by atoms with van der Waals surface area (Å²) < 4.78 is 45.2. The molecule has 2 aromatic rings. The van der Waals surface area contributed by atoms with E-state index >= 15 is 0 Å². The average molecular weight is 589 g/mol. The van der Waals surface area contributed by atoms with Crippen molar-refractivity contribution in [2.45, 2.75) is 107 Å². The molecule has 2 aromatic carbocycles. The van der Waals surface area contributed by atoms with Gasteiger partial charge in [-0.25, -0.2) is 13.1 Å². The zero-order valence-electron chi connectivity index (χ0n) is 24.7. The summed E-state index contributed by atoms with van der Waals surface area (Å²) in [6, 6.07) is 13.2. The van der Waals surface area contributed by atoms with Crippen LogP contribution in [0.2, 0.25) is 0 Å². The van der Waals surface area contributed by atoms with Gasteiger partial charge < -0.3 is 24.6 Å². The van der Waals surface area contributed by atoms with Crippen molar-refractivity contribution < 1.29 is 27.7 Å². The van der Waals surface area contributed by atoms with Gasteiger partial charge in [0.25, 0.3) is 0 Å². The molecule has 0 spiro atoms. The first-order valence-corrected chi connectivity index (χ1v) is 16.7. The van der Waals surface area contributed by atoms with E-state index in [-0.39, 0.29) is 6.04 Å². The predicted octanol–water partition coefficient (Wildman–Crippen LogP) is 5.39. The number of benzene rings is 2. The average Bonchev–Trinajstić information content (AvgIpc) is 2.92. The van der Waals surface area contributed by atoms with Crippen LogP contribution in [0, 0.1) is 0 Å². The van der Waals surface area contributed by atoms with Crippen LogP contribution < -0.4 is 14.8 Å². The highest BCUT2D eigenvalue weighted by atomic mass is 32.2. The Morgan fingerprint density at radius 2 is 1.80 bits per heavy atom. The molecular weight excluding hydrogens is 540 g/mol. The maximum atomic E-state index is 12.5. The Bertz CT molecular complexity index is 1200. The van der Waals surface area contributed by atoms with Crippen LogP contribution in [0.3, 0.4) is 0 Å². The van der Waals surface area contributed by atoms with Gasteiger partial charge in [0.1, 0.15) is 5.75 Å². The van der Waals surface area contributed by atoms with Crippen molar-refractivity contribution in [2.75, 3.05) is 26.3 Å². The van der Waals surface area contributed by atoms with E-state index in [1.54, 1.807) is 12.1 Å². The maximum Gasteiger partial charge on any atom is 0.240 e. The molecule has 1 saturated carbocycles. The number of hydrogen-bond donors (Lipinski definition) is 3. The molecule has 0 unspecified atom stereocenters. The summed E-state index contributed by atoms with van der Waals surface area (Å²) in [6.07, 6.45) is 9.57. The first-order valence-electron chi connectivity index (χ1n) is 15.3. The van der Waals surface area contributed by atoms with E-state index in [1.807, 2.05) is 44.2 Å².